The number of hydrogen-bond donors (Lipinski definition) is 1. The van der Waals surface area contributed by atoms with Crippen molar-refractivity contribution in [1.82, 2.24) is 10.2 Å². The lowest BCUT2D eigenvalue weighted by atomic mass is 10.1. The number of sulfonamides is 1. The van der Waals surface area contributed by atoms with Gasteiger partial charge in [-0.1, -0.05) is 71.6 Å². The van der Waals surface area contributed by atoms with E-state index in [2.05, 4.69) is 5.32 Å². The van der Waals surface area contributed by atoms with Gasteiger partial charge < -0.3 is 10.2 Å². The van der Waals surface area contributed by atoms with Crippen molar-refractivity contribution in [2.45, 2.75) is 64.6 Å². The molecule has 3 rings (SSSR count). The lowest BCUT2D eigenvalue weighted by Gasteiger charge is -2.33. The van der Waals surface area contributed by atoms with Crippen LogP contribution in [0.4, 0.5) is 5.69 Å². The molecular weight excluding hydrogens is 569 g/mol. The van der Waals surface area contributed by atoms with E-state index < -0.39 is 28.5 Å². The summed E-state index contributed by atoms with van der Waals surface area (Å²) in [6.45, 7) is 8.77. The Balaban J connectivity index is 2.07. The highest BCUT2D eigenvalue weighted by Crippen LogP contribution is 2.27. The van der Waals surface area contributed by atoms with E-state index in [9.17, 15) is 18.0 Å². The standard InChI is InChI=1S/C30H35Cl2N3O4S/c1-6-28(30(37)33-20(2)3)34(18-23-11-16-26(31)27(32)17-23)29(36)19-35(24-12-7-21(4)8-13-24)40(38,39)25-14-9-22(5)10-15-25/h7-17,20,28H,6,18-19H2,1-5H3,(H,33,37)/t28-/m1/s1. The predicted octanol–water partition coefficient (Wildman–Crippen LogP) is 6.14. The summed E-state index contributed by atoms with van der Waals surface area (Å²) in [5, 5.41) is 3.55. The minimum atomic E-state index is -4.12. The molecule has 3 aromatic rings. The van der Waals surface area contributed by atoms with Crippen LogP contribution in [0, 0.1) is 13.8 Å². The zero-order valence-corrected chi connectivity index (χ0v) is 25.6. The zero-order chi connectivity index (χ0) is 29.6. The molecule has 0 radical (unpaired) electrons. The fraction of sp³-hybridized carbons (Fsp3) is 0.333. The molecule has 0 aliphatic rings. The van der Waals surface area contributed by atoms with E-state index in [0.717, 1.165) is 15.4 Å². The highest BCUT2D eigenvalue weighted by Gasteiger charge is 2.34. The van der Waals surface area contributed by atoms with Gasteiger partial charge in [0, 0.05) is 12.6 Å². The molecule has 0 spiro atoms. The normalized spacial score (nSPS) is 12.2. The van der Waals surface area contributed by atoms with Gasteiger partial charge in [-0.2, -0.15) is 0 Å². The van der Waals surface area contributed by atoms with Gasteiger partial charge in [0.25, 0.3) is 10.0 Å². The quantitative estimate of drug-likeness (QED) is 0.285. The van der Waals surface area contributed by atoms with Gasteiger partial charge in [-0.15, -0.1) is 0 Å². The fourth-order valence-electron chi connectivity index (χ4n) is 4.21. The molecule has 10 heteroatoms. The van der Waals surface area contributed by atoms with Crippen LogP contribution in [-0.2, 0) is 26.2 Å². The molecule has 0 heterocycles. The van der Waals surface area contributed by atoms with Gasteiger partial charge in [0.1, 0.15) is 12.6 Å². The van der Waals surface area contributed by atoms with Gasteiger partial charge in [-0.25, -0.2) is 8.42 Å². The van der Waals surface area contributed by atoms with Gasteiger partial charge in [0.15, 0.2) is 0 Å². The van der Waals surface area contributed by atoms with E-state index in [0.29, 0.717) is 27.7 Å². The number of rotatable bonds is 11. The number of anilines is 1. The summed E-state index contributed by atoms with van der Waals surface area (Å²) in [4.78, 5) is 28.7. The Morgan fingerprint density at radius 1 is 0.875 bits per heavy atom. The third-order valence-corrected chi connectivity index (χ3v) is 8.89. The maximum Gasteiger partial charge on any atom is 0.264 e. The maximum absolute atomic E-state index is 14.1. The van der Waals surface area contributed by atoms with Crippen molar-refractivity contribution in [1.29, 1.82) is 0 Å². The molecule has 1 atom stereocenters. The monoisotopic (exact) mass is 603 g/mol. The summed E-state index contributed by atoms with van der Waals surface area (Å²) < 4.78 is 28.9. The number of carbonyl (C=O) groups excluding carboxylic acids is 2. The highest BCUT2D eigenvalue weighted by atomic mass is 35.5. The number of halogens is 2. The van der Waals surface area contributed by atoms with Gasteiger partial charge in [-0.3, -0.25) is 13.9 Å². The lowest BCUT2D eigenvalue weighted by molar-refractivity contribution is -0.140. The van der Waals surface area contributed by atoms with Crippen LogP contribution in [-0.4, -0.2) is 43.8 Å². The van der Waals surface area contributed by atoms with Crippen LogP contribution in [0.1, 0.15) is 43.9 Å². The van der Waals surface area contributed by atoms with Crippen LogP contribution in [0.2, 0.25) is 10.0 Å². The maximum atomic E-state index is 14.1. The van der Waals surface area contributed by atoms with Gasteiger partial charge >= 0.3 is 0 Å². The molecule has 0 aromatic heterocycles. The number of carbonyl (C=O) groups is 2. The molecule has 0 saturated carbocycles. The molecule has 214 valence electrons. The first-order chi connectivity index (χ1) is 18.8. The first kappa shape index (κ1) is 31.5. The first-order valence-electron chi connectivity index (χ1n) is 13.0. The number of nitrogens with zero attached hydrogens (tertiary/aromatic N) is 2. The molecule has 0 unspecified atom stereocenters. The molecule has 1 N–H and O–H groups in total. The Morgan fingerprint density at radius 2 is 1.45 bits per heavy atom. The molecular formula is C30H35Cl2N3O4S. The first-order valence-corrected chi connectivity index (χ1v) is 15.2. The third-order valence-electron chi connectivity index (χ3n) is 6.36. The van der Waals surface area contributed by atoms with Crippen LogP contribution < -0.4 is 9.62 Å². The minimum absolute atomic E-state index is 0.0338. The number of hydrogen-bond acceptors (Lipinski definition) is 4. The lowest BCUT2D eigenvalue weighted by Crippen LogP contribution is -2.53. The number of amides is 2. The molecule has 40 heavy (non-hydrogen) atoms. The van der Waals surface area contributed by atoms with Crippen LogP contribution in [0.15, 0.2) is 71.6 Å². The summed E-state index contributed by atoms with van der Waals surface area (Å²) in [7, 11) is -4.12. The summed E-state index contributed by atoms with van der Waals surface area (Å²) in [5.41, 5.74) is 2.85. The summed E-state index contributed by atoms with van der Waals surface area (Å²) >= 11 is 12.3. The molecule has 0 saturated heterocycles. The van der Waals surface area contributed by atoms with E-state index >= 15 is 0 Å². The molecule has 0 bridgehead atoms. The van der Waals surface area contributed by atoms with Gasteiger partial charge in [0.2, 0.25) is 11.8 Å². The Bertz CT molecular complexity index is 1440. The SMILES string of the molecule is CC[C@H](C(=O)NC(C)C)N(Cc1ccc(Cl)c(Cl)c1)C(=O)CN(c1ccc(C)cc1)S(=O)(=O)c1ccc(C)cc1. The minimum Gasteiger partial charge on any atom is -0.352 e. The highest BCUT2D eigenvalue weighted by molar-refractivity contribution is 7.92. The Morgan fingerprint density at radius 3 is 1.98 bits per heavy atom. The second-order valence-corrected chi connectivity index (χ2v) is 12.7. The number of nitrogens with one attached hydrogen (secondary N) is 1. The molecule has 2 amide bonds. The van der Waals surface area contributed by atoms with Gasteiger partial charge in [-0.05, 0) is 76.1 Å². The average molecular weight is 605 g/mol. The summed E-state index contributed by atoms with van der Waals surface area (Å²) in [6.07, 6.45) is 0.320. The van der Waals surface area contributed by atoms with E-state index in [1.165, 1.54) is 17.0 Å². The zero-order valence-electron chi connectivity index (χ0n) is 23.3. The van der Waals surface area contributed by atoms with Crippen molar-refractivity contribution in [2.75, 3.05) is 10.8 Å². The van der Waals surface area contributed by atoms with Gasteiger partial charge in [0.05, 0.1) is 20.6 Å². The summed E-state index contributed by atoms with van der Waals surface area (Å²) in [6, 6.07) is 17.4. The third kappa shape index (κ3) is 7.77. The number of benzene rings is 3. The average Bonchev–Trinajstić information content (AvgIpc) is 2.89. The summed E-state index contributed by atoms with van der Waals surface area (Å²) in [5.74, 6) is -0.859. The molecule has 7 nitrogen and oxygen atoms in total. The second kappa shape index (κ2) is 13.5. The van der Waals surface area contributed by atoms with E-state index in [-0.39, 0.29) is 23.4 Å². The van der Waals surface area contributed by atoms with E-state index in [1.807, 2.05) is 27.7 Å². The molecule has 3 aromatic carbocycles. The predicted molar refractivity (Wildman–Crippen MR) is 161 cm³/mol. The van der Waals surface area contributed by atoms with Crippen LogP contribution in [0.3, 0.4) is 0 Å². The molecule has 0 aliphatic heterocycles. The number of aryl methyl sites for hydroxylation is 2. The Kier molecular flexibility index (Phi) is 10.6. The van der Waals surface area contributed by atoms with Crippen LogP contribution in [0.25, 0.3) is 0 Å². The topological polar surface area (TPSA) is 86.8 Å². The van der Waals surface area contributed by atoms with Crippen LogP contribution >= 0.6 is 23.2 Å². The van der Waals surface area contributed by atoms with Crippen molar-refractivity contribution < 1.29 is 18.0 Å². The van der Waals surface area contributed by atoms with Crippen molar-refractivity contribution in [2.24, 2.45) is 0 Å². The second-order valence-electron chi connectivity index (χ2n) is 10.0. The van der Waals surface area contributed by atoms with Crippen molar-refractivity contribution in [3.8, 4) is 0 Å². The smallest absolute Gasteiger partial charge is 0.264 e. The van der Waals surface area contributed by atoms with E-state index in [4.69, 9.17) is 23.2 Å². The molecule has 0 fully saturated rings. The van der Waals surface area contributed by atoms with Crippen molar-refractivity contribution in [3.05, 3.63) is 93.5 Å². The molecule has 0 aliphatic carbocycles. The largest absolute Gasteiger partial charge is 0.352 e. The Labute approximate surface area is 247 Å². The van der Waals surface area contributed by atoms with Crippen molar-refractivity contribution >= 4 is 50.7 Å². The van der Waals surface area contributed by atoms with E-state index in [1.54, 1.807) is 61.5 Å². The fourth-order valence-corrected chi connectivity index (χ4v) is 5.95. The van der Waals surface area contributed by atoms with Crippen LogP contribution in [0.5, 0.6) is 0 Å². The van der Waals surface area contributed by atoms with Crippen molar-refractivity contribution in [3.63, 3.8) is 0 Å². The Hall–Kier alpha value is -3.07.